The van der Waals surface area contributed by atoms with E-state index < -0.39 is 0 Å². The lowest BCUT2D eigenvalue weighted by Gasteiger charge is -1.87. The van der Waals surface area contributed by atoms with Gasteiger partial charge < -0.3 is 10.1 Å². The van der Waals surface area contributed by atoms with Crippen LogP contribution in [0.1, 0.15) is 5.01 Å². The van der Waals surface area contributed by atoms with Crippen LogP contribution in [-0.2, 0) is 6.61 Å². The highest BCUT2D eigenvalue weighted by Crippen LogP contribution is 2.23. The van der Waals surface area contributed by atoms with Gasteiger partial charge in [-0.25, -0.2) is 4.98 Å². The molecular weight excluding hydrogens is 172 g/mol. The summed E-state index contributed by atoms with van der Waals surface area (Å²) < 4.78 is 0. The van der Waals surface area contributed by atoms with E-state index in [4.69, 9.17) is 5.11 Å². The van der Waals surface area contributed by atoms with Gasteiger partial charge in [-0.15, -0.1) is 11.3 Å². The maximum Gasteiger partial charge on any atom is 0.119 e. The van der Waals surface area contributed by atoms with Gasteiger partial charge >= 0.3 is 0 Å². The van der Waals surface area contributed by atoms with Crippen LogP contribution in [0.2, 0.25) is 0 Å². The van der Waals surface area contributed by atoms with Crippen LogP contribution in [-0.4, -0.2) is 15.1 Å². The maximum absolute atomic E-state index is 8.79. The molecule has 0 atom stereocenters. The molecule has 0 saturated heterocycles. The second kappa shape index (κ2) is 3.08. The van der Waals surface area contributed by atoms with Gasteiger partial charge in [-0.05, 0) is 12.1 Å². The number of aliphatic hydroxyl groups is 1. The highest BCUT2D eigenvalue weighted by Gasteiger charge is 2.02. The topological polar surface area (TPSA) is 48.9 Å². The molecule has 3 nitrogen and oxygen atoms in total. The first-order valence-electron chi connectivity index (χ1n) is 3.59. The van der Waals surface area contributed by atoms with Gasteiger partial charge in [-0.2, -0.15) is 0 Å². The fourth-order valence-electron chi connectivity index (χ4n) is 0.991. The van der Waals surface area contributed by atoms with E-state index in [0.717, 1.165) is 15.6 Å². The third-order valence-electron chi connectivity index (χ3n) is 1.55. The standard InChI is InChI=1S/C8H8N2OS/c11-5-8-10-4-7(12-8)6-2-1-3-9-6/h1-4,9,11H,5H2. The van der Waals surface area contributed by atoms with E-state index in [-0.39, 0.29) is 6.61 Å². The van der Waals surface area contributed by atoms with Gasteiger partial charge in [0.05, 0.1) is 17.2 Å². The Hall–Kier alpha value is -1.13. The average molecular weight is 180 g/mol. The third kappa shape index (κ3) is 1.26. The van der Waals surface area contributed by atoms with Crippen molar-refractivity contribution in [3.05, 3.63) is 29.5 Å². The van der Waals surface area contributed by atoms with E-state index in [1.54, 1.807) is 6.20 Å². The number of nitrogens with one attached hydrogen (secondary N) is 1. The van der Waals surface area contributed by atoms with Gasteiger partial charge in [0.2, 0.25) is 0 Å². The molecule has 2 aromatic heterocycles. The Bertz CT molecular complexity index is 353. The summed E-state index contributed by atoms with van der Waals surface area (Å²) in [5.41, 5.74) is 1.05. The average Bonchev–Trinajstić information content (AvgIpc) is 2.75. The minimum Gasteiger partial charge on any atom is -0.389 e. The smallest absolute Gasteiger partial charge is 0.119 e. The SMILES string of the molecule is OCc1ncc(-c2ccc[nH]2)s1. The number of hydrogen-bond donors (Lipinski definition) is 2. The number of hydrogen-bond acceptors (Lipinski definition) is 3. The summed E-state index contributed by atoms with van der Waals surface area (Å²) in [4.78, 5) is 8.18. The van der Waals surface area contributed by atoms with Crippen molar-refractivity contribution in [3.63, 3.8) is 0 Å². The Kier molecular flexibility index (Phi) is 1.93. The first kappa shape index (κ1) is 7.52. The van der Waals surface area contributed by atoms with Crippen LogP contribution in [0.15, 0.2) is 24.5 Å². The minimum atomic E-state index is 0.0192. The minimum absolute atomic E-state index is 0.0192. The molecule has 0 aliphatic carbocycles. The molecule has 0 aliphatic rings. The van der Waals surface area contributed by atoms with Gasteiger partial charge in [0.15, 0.2) is 0 Å². The van der Waals surface area contributed by atoms with Crippen molar-refractivity contribution in [2.75, 3.05) is 0 Å². The van der Waals surface area contributed by atoms with Gasteiger partial charge in [-0.1, -0.05) is 0 Å². The molecular formula is C8H8N2OS. The number of nitrogens with zero attached hydrogens (tertiary/aromatic N) is 1. The third-order valence-corrected chi connectivity index (χ3v) is 2.57. The molecule has 0 spiro atoms. The fraction of sp³-hybridized carbons (Fsp3) is 0.125. The fourth-order valence-corrected chi connectivity index (χ4v) is 1.76. The summed E-state index contributed by atoms with van der Waals surface area (Å²) in [7, 11) is 0. The van der Waals surface area contributed by atoms with E-state index in [9.17, 15) is 0 Å². The second-order valence-electron chi connectivity index (χ2n) is 2.36. The number of H-pyrrole nitrogens is 1. The molecule has 62 valence electrons. The summed E-state index contributed by atoms with van der Waals surface area (Å²) in [5, 5.41) is 9.54. The van der Waals surface area contributed by atoms with Crippen LogP contribution < -0.4 is 0 Å². The molecule has 0 unspecified atom stereocenters. The summed E-state index contributed by atoms with van der Waals surface area (Å²) in [5.74, 6) is 0. The second-order valence-corrected chi connectivity index (χ2v) is 3.48. The number of thiazole rings is 1. The quantitative estimate of drug-likeness (QED) is 0.738. The van der Waals surface area contributed by atoms with Crippen molar-refractivity contribution in [1.29, 1.82) is 0 Å². The molecule has 4 heteroatoms. The van der Waals surface area contributed by atoms with Crippen molar-refractivity contribution < 1.29 is 5.11 Å². The molecule has 0 aliphatic heterocycles. The Morgan fingerprint density at radius 2 is 2.50 bits per heavy atom. The van der Waals surface area contributed by atoms with E-state index >= 15 is 0 Å². The number of rotatable bonds is 2. The van der Waals surface area contributed by atoms with Crippen molar-refractivity contribution in [3.8, 4) is 10.6 Å². The maximum atomic E-state index is 8.79. The van der Waals surface area contributed by atoms with E-state index in [2.05, 4.69) is 9.97 Å². The molecule has 0 radical (unpaired) electrons. The van der Waals surface area contributed by atoms with Crippen LogP contribution in [0.3, 0.4) is 0 Å². The predicted molar refractivity (Wildman–Crippen MR) is 47.8 cm³/mol. The van der Waals surface area contributed by atoms with Crippen molar-refractivity contribution in [2.45, 2.75) is 6.61 Å². The number of aromatic amines is 1. The lowest BCUT2D eigenvalue weighted by atomic mass is 10.4. The predicted octanol–water partition coefficient (Wildman–Crippen LogP) is 1.63. The van der Waals surface area contributed by atoms with Crippen molar-refractivity contribution in [2.24, 2.45) is 0 Å². The molecule has 2 aromatic rings. The summed E-state index contributed by atoms with van der Waals surface area (Å²) in [6.07, 6.45) is 3.63. The molecule has 2 heterocycles. The largest absolute Gasteiger partial charge is 0.389 e. The van der Waals surface area contributed by atoms with Gasteiger partial charge in [0.25, 0.3) is 0 Å². The molecule has 2 N–H and O–H groups in total. The molecule has 12 heavy (non-hydrogen) atoms. The van der Waals surface area contributed by atoms with E-state index in [1.807, 2.05) is 18.3 Å². The molecule has 0 aromatic carbocycles. The molecule has 0 bridgehead atoms. The lowest BCUT2D eigenvalue weighted by molar-refractivity contribution is 0.281. The monoisotopic (exact) mass is 180 g/mol. The van der Waals surface area contributed by atoms with Crippen LogP contribution >= 0.6 is 11.3 Å². The highest BCUT2D eigenvalue weighted by molar-refractivity contribution is 7.15. The Balaban J connectivity index is 2.35. The van der Waals surface area contributed by atoms with Crippen molar-refractivity contribution in [1.82, 2.24) is 9.97 Å². The molecule has 0 saturated carbocycles. The normalized spacial score (nSPS) is 10.4. The van der Waals surface area contributed by atoms with Gasteiger partial charge in [0.1, 0.15) is 5.01 Å². The van der Waals surface area contributed by atoms with Gasteiger partial charge in [0, 0.05) is 12.4 Å². The Morgan fingerprint density at radius 1 is 1.58 bits per heavy atom. The zero-order valence-corrected chi connectivity index (χ0v) is 7.14. The van der Waals surface area contributed by atoms with Crippen LogP contribution in [0.4, 0.5) is 0 Å². The summed E-state index contributed by atoms with van der Waals surface area (Å²) in [6, 6.07) is 3.92. The molecule has 0 amide bonds. The number of aliphatic hydroxyl groups excluding tert-OH is 1. The Morgan fingerprint density at radius 3 is 3.08 bits per heavy atom. The van der Waals surface area contributed by atoms with Gasteiger partial charge in [-0.3, -0.25) is 0 Å². The zero-order valence-electron chi connectivity index (χ0n) is 6.32. The molecule has 2 rings (SSSR count). The van der Waals surface area contributed by atoms with Crippen LogP contribution in [0, 0.1) is 0 Å². The van der Waals surface area contributed by atoms with Crippen molar-refractivity contribution >= 4 is 11.3 Å². The molecule has 0 fully saturated rings. The lowest BCUT2D eigenvalue weighted by Crippen LogP contribution is -1.75. The van der Waals surface area contributed by atoms with Crippen LogP contribution in [0.25, 0.3) is 10.6 Å². The van der Waals surface area contributed by atoms with Crippen LogP contribution in [0.5, 0.6) is 0 Å². The first-order valence-corrected chi connectivity index (χ1v) is 4.41. The van der Waals surface area contributed by atoms with E-state index in [0.29, 0.717) is 0 Å². The first-order chi connectivity index (χ1) is 5.90. The summed E-state index contributed by atoms with van der Waals surface area (Å²) >= 11 is 1.50. The number of aromatic nitrogens is 2. The summed E-state index contributed by atoms with van der Waals surface area (Å²) in [6.45, 7) is 0.0192. The zero-order chi connectivity index (χ0) is 8.39. The van der Waals surface area contributed by atoms with E-state index in [1.165, 1.54) is 11.3 Å². The highest BCUT2D eigenvalue weighted by atomic mass is 32.1. The Labute approximate surface area is 73.7 Å².